The Kier molecular flexibility index (Phi) is 4.18. The molecule has 2 aromatic rings. The summed E-state index contributed by atoms with van der Waals surface area (Å²) in [5.41, 5.74) is 7.24. The molecule has 1 saturated heterocycles. The average molecular weight is 311 g/mol. The summed E-state index contributed by atoms with van der Waals surface area (Å²) in [6.45, 7) is 1.36. The van der Waals surface area contributed by atoms with Gasteiger partial charge in [0.2, 0.25) is 5.91 Å². The van der Waals surface area contributed by atoms with Crippen LogP contribution in [0.1, 0.15) is 28.9 Å². The molecular weight excluding hydrogens is 294 g/mol. The van der Waals surface area contributed by atoms with Gasteiger partial charge in [0.25, 0.3) is 5.91 Å². The number of nitrogens with zero attached hydrogens (tertiary/aromatic N) is 3. The number of hydrogen-bond acceptors (Lipinski definition) is 5. The smallest absolute Gasteiger partial charge is 0.269 e. The van der Waals surface area contributed by atoms with Crippen LogP contribution in [0.25, 0.3) is 0 Å². The number of anilines is 2. The molecule has 2 amide bonds. The fourth-order valence-electron chi connectivity index (χ4n) is 2.47. The van der Waals surface area contributed by atoms with Gasteiger partial charge in [0.1, 0.15) is 5.82 Å². The maximum absolute atomic E-state index is 11.7. The molecule has 2 heterocycles. The SMILES string of the molecule is NC(=O)c1ccc(NCc2ccc(N3CCCC3=O)cc2)nn1. The molecule has 1 aliphatic rings. The molecule has 118 valence electrons. The summed E-state index contributed by atoms with van der Waals surface area (Å²) in [7, 11) is 0. The summed E-state index contributed by atoms with van der Waals surface area (Å²) in [5, 5.41) is 10.7. The van der Waals surface area contributed by atoms with E-state index in [0.29, 0.717) is 18.8 Å². The largest absolute Gasteiger partial charge is 0.365 e. The lowest BCUT2D eigenvalue weighted by atomic mass is 10.2. The number of carbonyl (C=O) groups is 2. The second-order valence-corrected chi connectivity index (χ2v) is 5.34. The lowest BCUT2D eigenvalue weighted by molar-refractivity contribution is -0.117. The van der Waals surface area contributed by atoms with Crippen molar-refractivity contribution in [3.63, 3.8) is 0 Å². The van der Waals surface area contributed by atoms with Crippen molar-refractivity contribution < 1.29 is 9.59 Å². The highest BCUT2D eigenvalue weighted by Crippen LogP contribution is 2.21. The van der Waals surface area contributed by atoms with Crippen molar-refractivity contribution in [2.75, 3.05) is 16.8 Å². The van der Waals surface area contributed by atoms with Crippen molar-refractivity contribution >= 4 is 23.3 Å². The number of benzene rings is 1. The van der Waals surface area contributed by atoms with E-state index in [2.05, 4.69) is 15.5 Å². The van der Waals surface area contributed by atoms with Gasteiger partial charge in [-0.25, -0.2) is 0 Å². The maximum atomic E-state index is 11.7. The number of nitrogens with two attached hydrogens (primary N) is 1. The second-order valence-electron chi connectivity index (χ2n) is 5.34. The highest BCUT2D eigenvalue weighted by molar-refractivity contribution is 5.95. The normalized spacial score (nSPS) is 14.1. The third kappa shape index (κ3) is 3.45. The molecule has 0 spiro atoms. The monoisotopic (exact) mass is 311 g/mol. The Hall–Kier alpha value is -2.96. The van der Waals surface area contributed by atoms with E-state index in [0.717, 1.165) is 24.2 Å². The Morgan fingerprint density at radius 1 is 1.17 bits per heavy atom. The van der Waals surface area contributed by atoms with Crippen molar-refractivity contribution in [1.82, 2.24) is 10.2 Å². The van der Waals surface area contributed by atoms with Gasteiger partial charge in [-0.2, -0.15) is 0 Å². The Morgan fingerprint density at radius 3 is 2.52 bits per heavy atom. The van der Waals surface area contributed by atoms with Gasteiger partial charge in [-0.3, -0.25) is 9.59 Å². The van der Waals surface area contributed by atoms with Gasteiger partial charge in [0, 0.05) is 25.2 Å². The number of hydrogen-bond donors (Lipinski definition) is 2. The van der Waals surface area contributed by atoms with Crippen molar-refractivity contribution in [2.24, 2.45) is 5.73 Å². The molecule has 1 aromatic carbocycles. The van der Waals surface area contributed by atoms with E-state index >= 15 is 0 Å². The molecule has 1 aromatic heterocycles. The Labute approximate surface area is 133 Å². The first-order chi connectivity index (χ1) is 11.1. The van der Waals surface area contributed by atoms with Gasteiger partial charge in [-0.05, 0) is 36.2 Å². The van der Waals surface area contributed by atoms with Gasteiger partial charge in [-0.15, -0.1) is 10.2 Å². The van der Waals surface area contributed by atoms with E-state index in [9.17, 15) is 9.59 Å². The van der Waals surface area contributed by atoms with Gasteiger partial charge in [-0.1, -0.05) is 12.1 Å². The molecule has 0 saturated carbocycles. The third-order valence-electron chi connectivity index (χ3n) is 3.71. The van der Waals surface area contributed by atoms with Crippen LogP contribution < -0.4 is 16.0 Å². The van der Waals surface area contributed by atoms with Crippen molar-refractivity contribution in [1.29, 1.82) is 0 Å². The number of amides is 2. The molecule has 23 heavy (non-hydrogen) atoms. The molecule has 3 N–H and O–H groups in total. The van der Waals surface area contributed by atoms with E-state index in [1.165, 1.54) is 6.07 Å². The summed E-state index contributed by atoms with van der Waals surface area (Å²) < 4.78 is 0. The van der Waals surface area contributed by atoms with E-state index in [1.807, 2.05) is 29.2 Å². The first kappa shape index (κ1) is 15.0. The van der Waals surface area contributed by atoms with Crippen molar-refractivity contribution in [3.05, 3.63) is 47.7 Å². The minimum absolute atomic E-state index is 0.134. The molecule has 7 heteroatoms. The molecule has 1 aliphatic heterocycles. The first-order valence-corrected chi connectivity index (χ1v) is 7.40. The zero-order valence-corrected chi connectivity index (χ0v) is 12.5. The highest BCUT2D eigenvalue weighted by Gasteiger charge is 2.21. The number of primary amides is 1. The minimum Gasteiger partial charge on any atom is -0.365 e. The Morgan fingerprint density at radius 2 is 1.96 bits per heavy atom. The van der Waals surface area contributed by atoms with E-state index in [1.54, 1.807) is 6.07 Å². The van der Waals surface area contributed by atoms with E-state index in [-0.39, 0.29) is 11.6 Å². The first-order valence-electron chi connectivity index (χ1n) is 7.40. The van der Waals surface area contributed by atoms with Crippen LogP contribution in [0.4, 0.5) is 11.5 Å². The molecule has 0 unspecified atom stereocenters. The fourth-order valence-corrected chi connectivity index (χ4v) is 2.47. The van der Waals surface area contributed by atoms with Gasteiger partial charge in [0.15, 0.2) is 5.69 Å². The van der Waals surface area contributed by atoms with Crippen LogP contribution in [0, 0.1) is 0 Å². The van der Waals surface area contributed by atoms with Gasteiger partial charge < -0.3 is 16.0 Å². The molecule has 3 rings (SSSR count). The zero-order chi connectivity index (χ0) is 16.2. The summed E-state index contributed by atoms with van der Waals surface area (Å²) in [4.78, 5) is 24.4. The van der Waals surface area contributed by atoms with Crippen LogP contribution in [0.15, 0.2) is 36.4 Å². The van der Waals surface area contributed by atoms with E-state index in [4.69, 9.17) is 5.73 Å². The number of aromatic nitrogens is 2. The maximum Gasteiger partial charge on any atom is 0.269 e. The highest BCUT2D eigenvalue weighted by atomic mass is 16.2. The quantitative estimate of drug-likeness (QED) is 0.867. The third-order valence-corrected chi connectivity index (χ3v) is 3.71. The standard InChI is InChI=1S/C16H17N5O2/c17-16(23)13-7-8-14(20-19-13)18-10-11-3-5-12(6-4-11)21-9-1-2-15(21)22/h3-8H,1-2,9-10H2,(H2,17,23)(H,18,20). The topological polar surface area (TPSA) is 101 Å². The molecule has 0 atom stereocenters. The lowest BCUT2D eigenvalue weighted by Crippen LogP contribution is -2.23. The molecule has 0 radical (unpaired) electrons. The summed E-state index contributed by atoms with van der Waals surface area (Å²) in [6, 6.07) is 11.0. The number of carbonyl (C=O) groups excluding carboxylic acids is 2. The molecule has 0 bridgehead atoms. The summed E-state index contributed by atoms with van der Waals surface area (Å²) >= 11 is 0. The predicted octanol–water partition coefficient (Wildman–Crippen LogP) is 1.31. The average Bonchev–Trinajstić information content (AvgIpc) is 3.00. The molecular formula is C16H17N5O2. The molecule has 1 fully saturated rings. The van der Waals surface area contributed by atoms with Crippen LogP contribution in [-0.2, 0) is 11.3 Å². The minimum atomic E-state index is -0.601. The lowest BCUT2D eigenvalue weighted by Gasteiger charge is -2.16. The summed E-state index contributed by atoms with van der Waals surface area (Å²) in [5.74, 6) is 0.144. The van der Waals surface area contributed by atoms with Gasteiger partial charge >= 0.3 is 0 Å². The van der Waals surface area contributed by atoms with Crippen LogP contribution in [0.5, 0.6) is 0 Å². The fraction of sp³-hybridized carbons (Fsp3) is 0.250. The Balaban J connectivity index is 1.60. The second kappa shape index (κ2) is 6.43. The molecule has 0 aliphatic carbocycles. The molecule has 7 nitrogen and oxygen atoms in total. The van der Waals surface area contributed by atoms with Crippen LogP contribution in [-0.4, -0.2) is 28.6 Å². The van der Waals surface area contributed by atoms with Crippen LogP contribution in [0.3, 0.4) is 0 Å². The summed E-state index contributed by atoms with van der Waals surface area (Å²) in [6.07, 6.45) is 1.55. The number of nitrogens with one attached hydrogen (secondary N) is 1. The van der Waals surface area contributed by atoms with E-state index < -0.39 is 5.91 Å². The van der Waals surface area contributed by atoms with Crippen molar-refractivity contribution in [3.8, 4) is 0 Å². The predicted molar refractivity (Wildman–Crippen MR) is 85.9 cm³/mol. The zero-order valence-electron chi connectivity index (χ0n) is 12.5. The van der Waals surface area contributed by atoms with Gasteiger partial charge in [0.05, 0.1) is 0 Å². The van der Waals surface area contributed by atoms with Crippen molar-refractivity contribution in [2.45, 2.75) is 19.4 Å². The van der Waals surface area contributed by atoms with Crippen LogP contribution >= 0.6 is 0 Å². The Bertz CT molecular complexity index is 712. The van der Waals surface area contributed by atoms with Crippen LogP contribution in [0.2, 0.25) is 0 Å². The number of rotatable bonds is 5.